The predicted molar refractivity (Wildman–Crippen MR) is 72.8 cm³/mol. The molecule has 0 saturated carbocycles. The summed E-state index contributed by atoms with van der Waals surface area (Å²) < 4.78 is 12.8. The highest BCUT2D eigenvalue weighted by atomic mass is 19.1. The SMILES string of the molecule is CCCN(CCC)CCC(N)c1ccc(F)cn1. The first-order valence-electron chi connectivity index (χ1n) is 6.76. The minimum absolute atomic E-state index is 0.109. The molecule has 0 radical (unpaired) electrons. The molecule has 0 saturated heterocycles. The Morgan fingerprint density at radius 3 is 2.39 bits per heavy atom. The number of hydrogen-bond donors (Lipinski definition) is 1. The lowest BCUT2D eigenvalue weighted by molar-refractivity contribution is 0.263. The van der Waals surface area contributed by atoms with E-state index in [1.54, 1.807) is 6.07 Å². The lowest BCUT2D eigenvalue weighted by Crippen LogP contribution is -2.29. The number of nitrogens with two attached hydrogens (primary N) is 1. The Labute approximate surface area is 109 Å². The molecule has 102 valence electrons. The monoisotopic (exact) mass is 253 g/mol. The summed E-state index contributed by atoms with van der Waals surface area (Å²) in [6, 6.07) is 2.98. The van der Waals surface area contributed by atoms with Crippen molar-refractivity contribution < 1.29 is 4.39 Å². The first-order chi connectivity index (χ1) is 8.67. The molecule has 1 aromatic heterocycles. The van der Waals surface area contributed by atoms with Crippen molar-refractivity contribution in [3.63, 3.8) is 0 Å². The summed E-state index contributed by atoms with van der Waals surface area (Å²) >= 11 is 0. The first-order valence-corrected chi connectivity index (χ1v) is 6.76. The van der Waals surface area contributed by atoms with Crippen molar-refractivity contribution in [2.24, 2.45) is 5.73 Å². The molecule has 0 aliphatic heterocycles. The second kappa shape index (κ2) is 8.16. The molecular weight excluding hydrogens is 229 g/mol. The number of aromatic nitrogens is 1. The van der Waals surface area contributed by atoms with Gasteiger partial charge in [0.2, 0.25) is 0 Å². The summed E-state index contributed by atoms with van der Waals surface area (Å²) in [5.74, 6) is -0.315. The third-order valence-electron chi connectivity index (χ3n) is 2.97. The van der Waals surface area contributed by atoms with E-state index < -0.39 is 0 Å². The molecule has 1 heterocycles. The molecule has 0 spiro atoms. The fourth-order valence-corrected chi connectivity index (χ4v) is 2.04. The van der Waals surface area contributed by atoms with Crippen LogP contribution in [0.5, 0.6) is 0 Å². The highest BCUT2D eigenvalue weighted by Gasteiger charge is 2.10. The molecule has 0 aliphatic rings. The van der Waals surface area contributed by atoms with Crippen molar-refractivity contribution in [1.29, 1.82) is 0 Å². The molecule has 0 bridgehead atoms. The van der Waals surface area contributed by atoms with Crippen LogP contribution in [0.2, 0.25) is 0 Å². The summed E-state index contributed by atoms with van der Waals surface area (Å²) in [6.45, 7) is 7.56. The third kappa shape index (κ3) is 5.10. The number of hydrogen-bond acceptors (Lipinski definition) is 3. The van der Waals surface area contributed by atoms with E-state index in [4.69, 9.17) is 5.73 Å². The fourth-order valence-electron chi connectivity index (χ4n) is 2.04. The highest BCUT2D eigenvalue weighted by Crippen LogP contribution is 2.12. The topological polar surface area (TPSA) is 42.1 Å². The van der Waals surface area contributed by atoms with Crippen LogP contribution in [0.25, 0.3) is 0 Å². The Bertz CT molecular complexity index is 320. The molecule has 1 aromatic rings. The average molecular weight is 253 g/mol. The van der Waals surface area contributed by atoms with E-state index >= 15 is 0 Å². The van der Waals surface area contributed by atoms with E-state index in [2.05, 4.69) is 23.7 Å². The van der Waals surface area contributed by atoms with Gasteiger partial charge in [0.15, 0.2) is 0 Å². The van der Waals surface area contributed by atoms with Gasteiger partial charge in [-0.2, -0.15) is 0 Å². The summed E-state index contributed by atoms with van der Waals surface area (Å²) in [6.07, 6.45) is 4.40. The number of halogens is 1. The summed E-state index contributed by atoms with van der Waals surface area (Å²) in [7, 11) is 0. The maximum absolute atomic E-state index is 12.8. The molecule has 1 rings (SSSR count). The maximum atomic E-state index is 12.8. The van der Waals surface area contributed by atoms with Crippen LogP contribution in [0.1, 0.15) is 44.8 Å². The molecule has 1 unspecified atom stereocenters. The van der Waals surface area contributed by atoms with Crippen LogP contribution in [0.15, 0.2) is 18.3 Å². The van der Waals surface area contributed by atoms with E-state index in [0.29, 0.717) is 0 Å². The lowest BCUT2D eigenvalue weighted by atomic mass is 10.1. The Morgan fingerprint density at radius 2 is 1.89 bits per heavy atom. The largest absolute Gasteiger partial charge is 0.323 e. The van der Waals surface area contributed by atoms with E-state index in [0.717, 1.165) is 44.6 Å². The van der Waals surface area contributed by atoms with Crippen LogP contribution in [0, 0.1) is 5.82 Å². The van der Waals surface area contributed by atoms with Crippen LogP contribution >= 0.6 is 0 Å². The second-order valence-corrected chi connectivity index (χ2v) is 4.64. The zero-order valence-corrected chi connectivity index (χ0v) is 11.4. The molecule has 3 nitrogen and oxygen atoms in total. The Kier molecular flexibility index (Phi) is 6.83. The summed E-state index contributed by atoms with van der Waals surface area (Å²) in [5, 5.41) is 0. The van der Waals surface area contributed by atoms with Gasteiger partial charge in [-0.3, -0.25) is 4.98 Å². The van der Waals surface area contributed by atoms with Gasteiger partial charge in [-0.15, -0.1) is 0 Å². The van der Waals surface area contributed by atoms with Gasteiger partial charge >= 0.3 is 0 Å². The second-order valence-electron chi connectivity index (χ2n) is 4.64. The van der Waals surface area contributed by atoms with Gasteiger partial charge < -0.3 is 10.6 Å². The molecule has 0 aliphatic carbocycles. The van der Waals surface area contributed by atoms with Crippen molar-refractivity contribution >= 4 is 0 Å². The number of pyridine rings is 1. The van der Waals surface area contributed by atoms with Crippen LogP contribution in [-0.4, -0.2) is 29.5 Å². The van der Waals surface area contributed by atoms with Crippen LogP contribution < -0.4 is 5.73 Å². The third-order valence-corrected chi connectivity index (χ3v) is 2.97. The van der Waals surface area contributed by atoms with Gasteiger partial charge in [-0.1, -0.05) is 13.8 Å². The fraction of sp³-hybridized carbons (Fsp3) is 0.643. The average Bonchev–Trinajstić information content (AvgIpc) is 2.37. The van der Waals surface area contributed by atoms with E-state index in [1.165, 1.54) is 12.3 Å². The number of rotatable bonds is 8. The summed E-state index contributed by atoms with van der Waals surface area (Å²) in [4.78, 5) is 6.45. The first kappa shape index (κ1) is 15.1. The standard InChI is InChI=1S/C14H24FN3/c1-3-8-18(9-4-2)10-7-13(16)14-6-5-12(15)11-17-14/h5-6,11,13H,3-4,7-10,16H2,1-2H3. The zero-order chi connectivity index (χ0) is 13.4. The normalized spacial score (nSPS) is 12.9. The molecule has 4 heteroatoms. The van der Waals surface area contributed by atoms with Crippen molar-refractivity contribution in [3.8, 4) is 0 Å². The molecule has 2 N–H and O–H groups in total. The van der Waals surface area contributed by atoms with Gasteiger partial charge in [0.05, 0.1) is 11.9 Å². The van der Waals surface area contributed by atoms with Crippen molar-refractivity contribution in [3.05, 3.63) is 29.8 Å². The van der Waals surface area contributed by atoms with E-state index in [-0.39, 0.29) is 11.9 Å². The Morgan fingerprint density at radius 1 is 1.22 bits per heavy atom. The van der Waals surface area contributed by atoms with Gasteiger partial charge in [0, 0.05) is 6.04 Å². The molecule has 0 aromatic carbocycles. The van der Waals surface area contributed by atoms with Crippen LogP contribution in [0.4, 0.5) is 4.39 Å². The molecule has 0 amide bonds. The van der Waals surface area contributed by atoms with Crippen molar-refractivity contribution in [2.45, 2.75) is 39.2 Å². The zero-order valence-electron chi connectivity index (χ0n) is 11.4. The Balaban J connectivity index is 2.43. The maximum Gasteiger partial charge on any atom is 0.141 e. The number of nitrogens with zero attached hydrogens (tertiary/aromatic N) is 2. The van der Waals surface area contributed by atoms with Gasteiger partial charge in [-0.05, 0) is 51.0 Å². The van der Waals surface area contributed by atoms with Gasteiger partial charge in [0.1, 0.15) is 5.82 Å². The van der Waals surface area contributed by atoms with Crippen molar-refractivity contribution in [2.75, 3.05) is 19.6 Å². The highest BCUT2D eigenvalue weighted by molar-refractivity contribution is 5.09. The van der Waals surface area contributed by atoms with E-state index in [9.17, 15) is 4.39 Å². The van der Waals surface area contributed by atoms with Crippen molar-refractivity contribution in [1.82, 2.24) is 9.88 Å². The molecular formula is C14H24FN3. The smallest absolute Gasteiger partial charge is 0.141 e. The predicted octanol–water partition coefficient (Wildman–Crippen LogP) is 2.73. The van der Waals surface area contributed by atoms with E-state index in [1.807, 2.05) is 0 Å². The minimum Gasteiger partial charge on any atom is -0.323 e. The van der Waals surface area contributed by atoms with Crippen LogP contribution in [0.3, 0.4) is 0 Å². The van der Waals surface area contributed by atoms with Gasteiger partial charge in [0.25, 0.3) is 0 Å². The lowest BCUT2D eigenvalue weighted by Gasteiger charge is -2.22. The summed E-state index contributed by atoms with van der Waals surface area (Å²) in [5.41, 5.74) is 6.84. The molecule has 18 heavy (non-hydrogen) atoms. The van der Waals surface area contributed by atoms with Crippen LogP contribution in [-0.2, 0) is 0 Å². The van der Waals surface area contributed by atoms with Gasteiger partial charge in [-0.25, -0.2) is 4.39 Å². The minimum atomic E-state index is -0.315. The quantitative estimate of drug-likeness (QED) is 0.774. The Hall–Kier alpha value is -1.00. The molecule has 0 fully saturated rings. The molecule has 1 atom stereocenters.